The summed E-state index contributed by atoms with van der Waals surface area (Å²) in [6.45, 7) is 2.36. The zero-order valence-electron chi connectivity index (χ0n) is 15.4. The van der Waals surface area contributed by atoms with Gasteiger partial charge in [-0.3, -0.25) is 4.90 Å². The molecule has 0 fully saturated rings. The van der Waals surface area contributed by atoms with E-state index in [2.05, 4.69) is 116 Å². The molecule has 26 heavy (non-hydrogen) atoms. The van der Waals surface area contributed by atoms with E-state index in [1.165, 1.54) is 22.3 Å². The first-order valence-corrected chi connectivity index (χ1v) is 9.34. The lowest BCUT2D eigenvalue weighted by atomic mass is 9.78. The fraction of sp³-hybridized carbons (Fsp3) is 0.200. The smallest absolute Gasteiger partial charge is 0.0540 e. The van der Waals surface area contributed by atoms with Gasteiger partial charge in [0, 0.05) is 12.0 Å². The Hall–Kier alpha value is -2.64. The van der Waals surface area contributed by atoms with Crippen molar-refractivity contribution >= 4 is 5.57 Å². The van der Waals surface area contributed by atoms with E-state index in [4.69, 9.17) is 0 Å². The zero-order valence-corrected chi connectivity index (χ0v) is 15.4. The molecular weight excluding hydrogens is 314 g/mol. The maximum atomic E-state index is 2.52. The van der Waals surface area contributed by atoms with Crippen molar-refractivity contribution in [3.63, 3.8) is 0 Å². The van der Waals surface area contributed by atoms with Crippen LogP contribution in [0, 0.1) is 5.92 Å². The van der Waals surface area contributed by atoms with Crippen LogP contribution < -0.4 is 0 Å². The predicted molar refractivity (Wildman–Crippen MR) is 110 cm³/mol. The van der Waals surface area contributed by atoms with E-state index in [1.807, 2.05) is 0 Å². The van der Waals surface area contributed by atoms with Crippen LogP contribution in [-0.2, 0) is 0 Å². The number of benzene rings is 3. The quantitative estimate of drug-likeness (QED) is 0.554. The van der Waals surface area contributed by atoms with E-state index >= 15 is 0 Å². The SMILES string of the molecule is C[C@@H]1C(c2ccccc2)=C[C@@H](c2ccccc2)N(C)[C@@H]1c1ccccc1. The van der Waals surface area contributed by atoms with Gasteiger partial charge in [-0.1, -0.05) is 104 Å². The molecule has 1 heterocycles. The lowest BCUT2D eigenvalue weighted by Gasteiger charge is -2.43. The van der Waals surface area contributed by atoms with Gasteiger partial charge in [0.1, 0.15) is 0 Å². The number of nitrogens with zero attached hydrogens (tertiary/aromatic N) is 1. The number of rotatable bonds is 3. The Morgan fingerprint density at radius 3 is 1.73 bits per heavy atom. The molecule has 3 aromatic rings. The Morgan fingerprint density at radius 2 is 1.15 bits per heavy atom. The summed E-state index contributed by atoms with van der Waals surface area (Å²) in [7, 11) is 2.25. The van der Waals surface area contributed by atoms with Crippen molar-refractivity contribution in [2.75, 3.05) is 7.05 Å². The van der Waals surface area contributed by atoms with Gasteiger partial charge in [0.05, 0.1) is 6.04 Å². The van der Waals surface area contributed by atoms with Crippen molar-refractivity contribution in [3.05, 3.63) is 114 Å². The summed E-state index contributed by atoms with van der Waals surface area (Å²) in [5.41, 5.74) is 5.49. The average Bonchev–Trinajstić information content (AvgIpc) is 2.70. The third-order valence-electron chi connectivity index (χ3n) is 5.57. The van der Waals surface area contributed by atoms with Crippen molar-refractivity contribution in [3.8, 4) is 0 Å². The fourth-order valence-electron chi connectivity index (χ4n) is 4.28. The van der Waals surface area contributed by atoms with Gasteiger partial charge in [0.25, 0.3) is 0 Å². The van der Waals surface area contributed by atoms with Gasteiger partial charge in [-0.15, -0.1) is 0 Å². The van der Waals surface area contributed by atoms with E-state index in [0.29, 0.717) is 12.0 Å². The summed E-state index contributed by atoms with van der Waals surface area (Å²) >= 11 is 0. The molecule has 1 aliphatic heterocycles. The van der Waals surface area contributed by atoms with E-state index < -0.39 is 0 Å². The first-order chi connectivity index (χ1) is 12.8. The van der Waals surface area contributed by atoms with Crippen LogP contribution in [0.15, 0.2) is 97.1 Å². The van der Waals surface area contributed by atoms with E-state index in [1.54, 1.807) is 0 Å². The van der Waals surface area contributed by atoms with Gasteiger partial charge in [0.15, 0.2) is 0 Å². The molecular formula is C25H25N. The molecule has 0 aromatic heterocycles. The minimum absolute atomic E-state index is 0.271. The number of hydrogen-bond acceptors (Lipinski definition) is 1. The van der Waals surface area contributed by atoms with Gasteiger partial charge in [0.2, 0.25) is 0 Å². The van der Waals surface area contributed by atoms with Crippen LogP contribution in [0.4, 0.5) is 0 Å². The maximum Gasteiger partial charge on any atom is 0.0540 e. The second-order valence-electron chi connectivity index (χ2n) is 7.15. The molecule has 4 rings (SSSR count). The van der Waals surface area contributed by atoms with Gasteiger partial charge in [-0.05, 0) is 29.3 Å². The Kier molecular flexibility index (Phi) is 4.73. The topological polar surface area (TPSA) is 3.24 Å². The van der Waals surface area contributed by atoms with Crippen LogP contribution in [0.3, 0.4) is 0 Å². The fourth-order valence-corrected chi connectivity index (χ4v) is 4.28. The minimum atomic E-state index is 0.271. The second-order valence-corrected chi connectivity index (χ2v) is 7.15. The van der Waals surface area contributed by atoms with Crippen LogP contribution in [0.25, 0.3) is 5.57 Å². The van der Waals surface area contributed by atoms with Crippen molar-refractivity contribution in [1.29, 1.82) is 0 Å². The van der Waals surface area contributed by atoms with Gasteiger partial charge < -0.3 is 0 Å². The monoisotopic (exact) mass is 339 g/mol. The molecule has 0 spiro atoms. The summed E-state index contributed by atoms with van der Waals surface area (Å²) in [4.78, 5) is 2.52. The average molecular weight is 339 g/mol. The normalized spacial score (nSPS) is 23.5. The molecule has 0 bridgehead atoms. The highest BCUT2D eigenvalue weighted by Crippen LogP contribution is 2.46. The highest BCUT2D eigenvalue weighted by Gasteiger charge is 2.35. The van der Waals surface area contributed by atoms with Crippen LogP contribution in [0.1, 0.15) is 35.7 Å². The summed E-state index contributed by atoms with van der Waals surface area (Å²) in [5, 5.41) is 0. The third-order valence-corrected chi connectivity index (χ3v) is 5.57. The first kappa shape index (κ1) is 16.8. The lowest BCUT2D eigenvalue weighted by molar-refractivity contribution is 0.162. The summed E-state index contributed by atoms with van der Waals surface area (Å²) in [5.74, 6) is 0.421. The van der Waals surface area contributed by atoms with Gasteiger partial charge in [-0.25, -0.2) is 0 Å². The Balaban J connectivity index is 1.84. The molecule has 0 unspecified atom stereocenters. The molecule has 1 aliphatic rings. The zero-order chi connectivity index (χ0) is 17.9. The molecule has 1 heteroatoms. The highest BCUT2D eigenvalue weighted by atomic mass is 15.2. The summed E-state index contributed by atoms with van der Waals surface area (Å²) in [6.07, 6.45) is 2.45. The van der Waals surface area contributed by atoms with Gasteiger partial charge >= 0.3 is 0 Å². The molecule has 0 N–H and O–H groups in total. The van der Waals surface area contributed by atoms with Crippen molar-refractivity contribution < 1.29 is 0 Å². The first-order valence-electron chi connectivity index (χ1n) is 9.34. The largest absolute Gasteiger partial charge is 0.288 e. The van der Waals surface area contributed by atoms with Crippen LogP contribution in [-0.4, -0.2) is 11.9 Å². The molecule has 0 amide bonds. The number of likely N-dealkylation sites (N-methyl/N-ethyl adjacent to an activating group) is 1. The van der Waals surface area contributed by atoms with Crippen molar-refractivity contribution in [2.45, 2.75) is 19.0 Å². The number of hydrogen-bond donors (Lipinski definition) is 0. The summed E-state index contributed by atoms with van der Waals surface area (Å²) in [6, 6.07) is 33.2. The molecule has 3 atom stereocenters. The maximum absolute atomic E-state index is 2.52. The summed E-state index contributed by atoms with van der Waals surface area (Å²) < 4.78 is 0. The van der Waals surface area contributed by atoms with Gasteiger partial charge in [-0.2, -0.15) is 0 Å². The Bertz CT molecular complexity index is 868. The van der Waals surface area contributed by atoms with E-state index in [9.17, 15) is 0 Å². The third kappa shape index (κ3) is 3.11. The van der Waals surface area contributed by atoms with E-state index in [-0.39, 0.29) is 6.04 Å². The van der Waals surface area contributed by atoms with Crippen LogP contribution in [0.5, 0.6) is 0 Å². The van der Waals surface area contributed by atoms with E-state index in [0.717, 1.165) is 0 Å². The molecule has 0 radical (unpaired) electrons. The van der Waals surface area contributed by atoms with Crippen molar-refractivity contribution in [1.82, 2.24) is 4.90 Å². The lowest BCUT2D eigenvalue weighted by Crippen LogP contribution is -2.36. The highest BCUT2D eigenvalue weighted by molar-refractivity contribution is 5.70. The molecule has 1 nitrogen and oxygen atoms in total. The van der Waals surface area contributed by atoms with Crippen LogP contribution >= 0.6 is 0 Å². The Morgan fingerprint density at radius 1 is 0.654 bits per heavy atom. The molecule has 130 valence electrons. The van der Waals surface area contributed by atoms with Crippen LogP contribution in [0.2, 0.25) is 0 Å². The van der Waals surface area contributed by atoms with Crippen molar-refractivity contribution in [2.24, 2.45) is 5.92 Å². The Labute approximate surface area is 156 Å². The predicted octanol–water partition coefficient (Wildman–Crippen LogP) is 6.13. The molecule has 0 saturated carbocycles. The standard InChI is InChI=1S/C25H25N/c1-19-23(20-12-6-3-7-13-20)18-24(21-14-8-4-9-15-21)26(2)25(19)22-16-10-5-11-17-22/h3-19,24-25H,1-2H3/t19-,24+,25+/m1/s1. The second kappa shape index (κ2) is 7.31. The minimum Gasteiger partial charge on any atom is -0.288 e. The molecule has 0 saturated heterocycles. The molecule has 0 aliphatic carbocycles. The molecule has 3 aromatic carbocycles.